The Kier molecular flexibility index (Phi) is 5.85. The van der Waals surface area contributed by atoms with Gasteiger partial charge in [-0.3, -0.25) is 4.90 Å². The molecule has 7 nitrogen and oxygen atoms in total. The van der Waals surface area contributed by atoms with Crippen molar-refractivity contribution in [2.75, 3.05) is 32.8 Å². The Labute approximate surface area is 193 Å². The number of fused-ring (bicyclic) bond motifs is 3. The number of nitrogens with zero attached hydrogens (tertiary/aromatic N) is 2. The first-order chi connectivity index (χ1) is 16.0. The van der Waals surface area contributed by atoms with Crippen LogP contribution in [0.2, 0.25) is 0 Å². The molecule has 33 heavy (non-hydrogen) atoms. The normalized spacial score (nSPS) is 21.7. The second-order valence-corrected chi connectivity index (χ2v) is 9.13. The SMILES string of the molecule is CCCN1CCC2(CC1)OCC(C(=O)O)N2C(=O)OCC1c2ccccc2-c2ccccc21. The summed E-state index contributed by atoms with van der Waals surface area (Å²) in [6.07, 6.45) is 1.62. The Morgan fingerprint density at radius 3 is 2.24 bits per heavy atom. The summed E-state index contributed by atoms with van der Waals surface area (Å²) in [7, 11) is 0. The van der Waals surface area contributed by atoms with Crippen LogP contribution in [0.15, 0.2) is 48.5 Å². The molecule has 174 valence electrons. The van der Waals surface area contributed by atoms with Gasteiger partial charge >= 0.3 is 12.1 Å². The van der Waals surface area contributed by atoms with Gasteiger partial charge in [0.1, 0.15) is 12.3 Å². The van der Waals surface area contributed by atoms with Gasteiger partial charge in [0.2, 0.25) is 0 Å². The first-order valence-corrected chi connectivity index (χ1v) is 11.8. The molecule has 0 radical (unpaired) electrons. The number of hydrogen-bond donors (Lipinski definition) is 1. The van der Waals surface area contributed by atoms with Crippen molar-refractivity contribution in [1.29, 1.82) is 0 Å². The number of likely N-dealkylation sites (tertiary alicyclic amines) is 1. The molecule has 1 aliphatic carbocycles. The summed E-state index contributed by atoms with van der Waals surface area (Å²) in [6.45, 7) is 4.82. The van der Waals surface area contributed by atoms with E-state index in [1.165, 1.54) is 4.90 Å². The molecule has 2 aliphatic heterocycles. The maximum Gasteiger partial charge on any atom is 0.412 e. The van der Waals surface area contributed by atoms with E-state index in [4.69, 9.17) is 9.47 Å². The van der Waals surface area contributed by atoms with E-state index in [2.05, 4.69) is 36.1 Å². The third-order valence-electron chi connectivity index (χ3n) is 7.26. The number of carbonyl (C=O) groups excluding carboxylic acids is 1. The van der Waals surface area contributed by atoms with E-state index < -0.39 is 23.8 Å². The van der Waals surface area contributed by atoms with Crippen molar-refractivity contribution in [2.24, 2.45) is 0 Å². The zero-order chi connectivity index (χ0) is 23.0. The largest absolute Gasteiger partial charge is 0.480 e. The van der Waals surface area contributed by atoms with Crippen LogP contribution in [-0.2, 0) is 14.3 Å². The number of rotatable bonds is 5. The summed E-state index contributed by atoms with van der Waals surface area (Å²) in [5, 5.41) is 9.78. The zero-order valence-electron chi connectivity index (χ0n) is 18.9. The fourth-order valence-electron chi connectivity index (χ4n) is 5.63. The Hall–Kier alpha value is -2.90. The molecule has 0 aromatic heterocycles. The quantitative estimate of drug-likeness (QED) is 0.744. The summed E-state index contributed by atoms with van der Waals surface area (Å²) >= 11 is 0. The van der Waals surface area contributed by atoms with E-state index >= 15 is 0 Å². The highest BCUT2D eigenvalue weighted by atomic mass is 16.6. The number of hydrogen-bond acceptors (Lipinski definition) is 5. The Balaban J connectivity index is 1.35. The molecule has 1 spiro atoms. The number of amides is 1. The van der Waals surface area contributed by atoms with Crippen LogP contribution in [0.25, 0.3) is 11.1 Å². The van der Waals surface area contributed by atoms with Crippen LogP contribution in [0.1, 0.15) is 43.2 Å². The van der Waals surface area contributed by atoms with Crippen LogP contribution < -0.4 is 0 Å². The smallest absolute Gasteiger partial charge is 0.412 e. The highest BCUT2D eigenvalue weighted by Gasteiger charge is 2.54. The highest BCUT2D eigenvalue weighted by Crippen LogP contribution is 2.45. The third kappa shape index (κ3) is 3.79. The lowest BCUT2D eigenvalue weighted by atomic mass is 9.97. The number of carboxylic acids is 1. The van der Waals surface area contributed by atoms with Crippen molar-refractivity contribution in [1.82, 2.24) is 9.80 Å². The molecule has 2 fully saturated rings. The van der Waals surface area contributed by atoms with Crippen molar-refractivity contribution < 1.29 is 24.2 Å². The highest BCUT2D eigenvalue weighted by molar-refractivity contribution is 5.82. The summed E-state index contributed by atoms with van der Waals surface area (Å²) in [5.41, 5.74) is 3.65. The van der Waals surface area contributed by atoms with Crippen molar-refractivity contribution in [3.8, 4) is 11.1 Å². The van der Waals surface area contributed by atoms with Crippen molar-refractivity contribution >= 4 is 12.1 Å². The second kappa shape index (κ2) is 8.80. The van der Waals surface area contributed by atoms with Crippen LogP contribution in [0.5, 0.6) is 0 Å². The van der Waals surface area contributed by atoms with Gasteiger partial charge in [0.25, 0.3) is 0 Å². The average molecular weight is 451 g/mol. The third-order valence-corrected chi connectivity index (χ3v) is 7.26. The number of benzene rings is 2. The molecular formula is C26H30N2O5. The Morgan fingerprint density at radius 1 is 1.06 bits per heavy atom. The Bertz CT molecular complexity index is 1000. The lowest BCUT2D eigenvalue weighted by Gasteiger charge is -2.43. The topological polar surface area (TPSA) is 79.3 Å². The molecule has 0 saturated carbocycles. The predicted octanol–water partition coefficient (Wildman–Crippen LogP) is 3.92. The van der Waals surface area contributed by atoms with Crippen molar-refractivity contribution in [3.05, 3.63) is 59.7 Å². The van der Waals surface area contributed by atoms with Gasteiger partial charge < -0.3 is 19.5 Å². The number of piperidine rings is 1. The van der Waals surface area contributed by atoms with E-state index in [0.29, 0.717) is 12.8 Å². The van der Waals surface area contributed by atoms with Gasteiger partial charge in [0.05, 0.1) is 6.61 Å². The van der Waals surface area contributed by atoms with Crippen LogP contribution >= 0.6 is 0 Å². The van der Waals surface area contributed by atoms with Gasteiger partial charge in [-0.25, -0.2) is 9.59 Å². The number of carbonyl (C=O) groups is 2. The van der Waals surface area contributed by atoms with Crippen LogP contribution in [0, 0.1) is 0 Å². The van der Waals surface area contributed by atoms with E-state index in [1.807, 2.05) is 24.3 Å². The maximum absolute atomic E-state index is 13.4. The molecule has 3 aliphatic rings. The molecule has 2 aromatic rings. The summed E-state index contributed by atoms with van der Waals surface area (Å²) < 4.78 is 11.9. The average Bonchev–Trinajstić information content (AvgIpc) is 3.36. The second-order valence-electron chi connectivity index (χ2n) is 9.13. The molecule has 1 atom stereocenters. The molecule has 2 aromatic carbocycles. The minimum atomic E-state index is -1.06. The van der Waals surface area contributed by atoms with Gasteiger partial charge in [-0.1, -0.05) is 55.5 Å². The van der Waals surface area contributed by atoms with Gasteiger partial charge in [0.15, 0.2) is 6.04 Å². The fourth-order valence-corrected chi connectivity index (χ4v) is 5.63. The van der Waals surface area contributed by atoms with E-state index in [9.17, 15) is 14.7 Å². The monoisotopic (exact) mass is 450 g/mol. The van der Waals surface area contributed by atoms with E-state index in [0.717, 1.165) is 48.3 Å². The summed E-state index contributed by atoms with van der Waals surface area (Å²) in [5.74, 6) is -1.13. The predicted molar refractivity (Wildman–Crippen MR) is 123 cm³/mol. The molecule has 2 heterocycles. The standard InChI is InChI=1S/C26H30N2O5/c1-2-13-27-14-11-26(12-15-27)28(23(17-33-26)24(29)30)25(31)32-16-22-20-9-5-3-7-18(20)19-8-4-6-10-21(19)22/h3-10,22-23H,2,11-17H2,1H3,(H,29,30). The zero-order valence-corrected chi connectivity index (χ0v) is 18.9. The van der Waals surface area contributed by atoms with E-state index in [1.54, 1.807) is 0 Å². The number of aliphatic carboxylic acids is 1. The van der Waals surface area contributed by atoms with Crippen LogP contribution in [0.4, 0.5) is 4.79 Å². The van der Waals surface area contributed by atoms with Gasteiger partial charge in [0, 0.05) is 31.8 Å². The molecule has 1 N–H and O–H groups in total. The number of ether oxygens (including phenoxy) is 2. The molecule has 1 amide bonds. The summed E-state index contributed by atoms with van der Waals surface area (Å²) in [4.78, 5) is 29.0. The van der Waals surface area contributed by atoms with Crippen molar-refractivity contribution in [3.63, 3.8) is 0 Å². The molecule has 7 heteroatoms. The summed E-state index contributed by atoms with van der Waals surface area (Å²) in [6, 6.07) is 15.3. The molecule has 1 unspecified atom stereocenters. The van der Waals surface area contributed by atoms with Gasteiger partial charge in [-0.05, 0) is 35.2 Å². The molecular weight excluding hydrogens is 420 g/mol. The maximum atomic E-state index is 13.4. The number of carboxylic acid groups (broad SMARTS) is 1. The first kappa shape index (κ1) is 21.9. The first-order valence-electron chi connectivity index (χ1n) is 11.8. The molecule has 0 bridgehead atoms. The van der Waals surface area contributed by atoms with E-state index in [-0.39, 0.29) is 19.1 Å². The van der Waals surface area contributed by atoms with Crippen LogP contribution in [-0.4, -0.2) is 71.6 Å². The van der Waals surface area contributed by atoms with Gasteiger partial charge in [-0.2, -0.15) is 0 Å². The van der Waals surface area contributed by atoms with Gasteiger partial charge in [-0.15, -0.1) is 0 Å². The Morgan fingerprint density at radius 2 is 1.67 bits per heavy atom. The fraction of sp³-hybridized carbons (Fsp3) is 0.462. The van der Waals surface area contributed by atoms with Crippen molar-refractivity contribution in [2.45, 2.75) is 43.9 Å². The lowest BCUT2D eigenvalue weighted by molar-refractivity contribution is -0.145. The minimum absolute atomic E-state index is 0.00664. The minimum Gasteiger partial charge on any atom is -0.480 e. The molecule has 5 rings (SSSR count). The van der Waals surface area contributed by atoms with Crippen LogP contribution in [0.3, 0.4) is 0 Å². The lowest BCUT2D eigenvalue weighted by Crippen LogP contribution is -2.58. The molecule has 2 saturated heterocycles.